The Labute approximate surface area is 82.6 Å². The summed E-state index contributed by atoms with van der Waals surface area (Å²) in [5.74, 6) is 0.182. The maximum atomic E-state index is 11.1. The molecule has 0 spiro atoms. The topological polar surface area (TPSA) is 50.7 Å². The minimum Gasteiger partial charge on any atom is -0.425 e. The van der Waals surface area contributed by atoms with Gasteiger partial charge in [-0.25, -0.2) is 4.79 Å². The molecule has 0 saturated carbocycles. The minimum atomic E-state index is -0.359. The number of carbonyl (C=O) groups is 1. The highest BCUT2D eigenvalue weighted by Crippen LogP contribution is 2.07. The van der Waals surface area contributed by atoms with E-state index in [-0.39, 0.29) is 12.5 Å². The Hall–Kier alpha value is -1.84. The molecule has 0 atom stereocenters. The third kappa shape index (κ3) is 3.71. The van der Waals surface area contributed by atoms with Gasteiger partial charge in [-0.1, -0.05) is 18.2 Å². The van der Waals surface area contributed by atoms with Crippen molar-refractivity contribution in [3.63, 3.8) is 0 Å². The first kappa shape index (κ1) is 10.2. The average molecular weight is 192 g/mol. The van der Waals surface area contributed by atoms with Crippen LogP contribution in [0.25, 0.3) is 0 Å². The molecule has 1 rings (SSSR count). The van der Waals surface area contributed by atoms with Gasteiger partial charge in [0.2, 0.25) is 0 Å². The van der Waals surface area contributed by atoms with Crippen molar-refractivity contribution in [1.82, 2.24) is 5.43 Å². The number of hydrogen-bond donors (Lipinski definition) is 1. The normalized spacial score (nSPS) is 10.1. The molecule has 74 valence electrons. The highest BCUT2D eigenvalue weighted by molar-refractivity contribution is 5.74. The van der Waals surface area contributed by atoms with Gasteiger partial charge in [-0.05, 0) is 19.1 Å². The van der Waals surface area contributed by atoms with Crippen LogP contribution in [0, 0.1) is 0 Å². The Balaban J connectivity index is 2.34. The van der Waals surface area contributed by atoms with Crippen LogP contribution in [0.3, 0.4) is 0 Å². The number of benzene rings is 1. The Morgan fingerprint density at radius 3 is 2.86 bits per heavy atom. The van der Waals surface area contributed by atoms with E-state index in [4.69, 9.17) is 4.74 Å². The Morgan fingerprint density at radius 2 is 2.21 bits per heavy atom. The number of hydrogen-bond acceptors (Lipinski definition) is 4. The summed E-state index contributed by atoms with van der Waals surface area (Å²) in [6.07, 6.45) is 1.57. The Kier molecular flexibility index (Phi) is 4.20. The Morgan fingerprint density at radius 1 is 1.50 bits per heavy atom. The van der Waals surface area contributed by atoms with E-state index < -0.39 is 0 Å². The van der Waals surface area contributed by atoms with E-state index in [9.17, 15) is 4.79 Å². The first-order valence-electron chi connectivity index (χ1n) is 4.29. The number of nitrogens with one attached hydrogen (secondary N) is 1. The lowest BCUT2D eigenvalue weighted by Gasteiger charge is -2.02. The summed E-state index contributed by atoms with van der Waals surface area (Å²) >= 11 is 0. The van der Waals surface area contributed by atoms with E-state index in [1.54, 1.807) is 37.4 Å². The van der Waals surface area contributed by atoms with E-state index in [0.717, 1.165) is 0 Å². The molecular formula is C10H12N2O2. The molecule has 0 unspecified atom stereocenters. The molecule has 14 heavy (non-hydrogen) atoms. The van der Waals surface area contributed by atoms with Crippen LogP contribution in [-0.4, -0.2) is 18.7 Å². The van der Waals surface area contributed by atoms with Gasteiger partial charge in [0.25, 0.3) is 0 Å². The van der Waals surface area contributed by atoms with E-state index >= 15 is 0 Å². The van der Waals surface area contributed by atoms with E-state index in [1.807, 2.05) is 6.07 Å². The molecule has 0 amide bonds. The van der Waals surface area contributed by atoms with Crippen LogP contribution in [0.2, 0.25) is 0 Å². The monoisotopic (exact) mass is 192 g/mol. The van der Waals surface area contributed by atoms with Crippen molar-refractivity contribution in [2.24, 2.45) is 5.10 Å². The van der Waals surface area contributed by atoms with E-state index in [1.165, 1.54) is 0 Å². The van der Waals surface area contributed by atoms with Crippen molar-refractivity contribution in [1.29, 1.82) is 0 Å². The van der Waals surface area contributed by atoms with Crippen molar-refractivity contribution in [3.05, 3.63) is 30.3 Å². The smallest absolute Gasteiger partial charge is 0.332 e. The lowest BCUT2D eigenvalue weighted by Crippen LogP contribution is -2.22. The Bertz CT molecular complexity index is 309. The molecule has 0 aliphatic heterocycles. The maximum absolute atomic E-state index is 11.1. The van der Waals surface area contributed by atoms with Crippen LogP contribution < -0.4 is 10.2 Å². The van der Waals surface area contributed by atoms with Crippen molar-refractivity contribution in [2.45, 2.75) is 6.92 Å². The molecular weight excluding hydrogens is 180 g/mol. The summed E-state index contributed by atoms with van der Waals surface area (Å²) in [6.45, 7) is 1.83. The summed E-state index contributed by atoms with van der Waals surface area (Å²) in [4.78, 5) is 11.1. The summed E-state index contributed by atoms with van der Waals surface area (Å²) < 4.78 is 4.99. The molecule has 0 bridgehead atoms. The molecule has 0 aliphatic carbocycles. The lowest BCUT2D eigenvalue weighted by molar-refractivity contribution is -0.133. The third-order valence-corrected chi connectivity index (χ3v) is 1.42. The van der Waals surface area contributed by atoms with Crippen molar-refractivity contribution in [2.75, 3.05) is 6.54 Å². The fourth-order valence-electron chi connectivity index (χ4n) is 0.858. The van der Waals surface area contributed by atoms with Crippen LogP contribution in [0.5, 0.6) is 5.75 Å². The number of hydrazone groups is 1. The van der Waals surface area contributed by atoms with Gasteiger partial charge in [0.05, 0.1) is 0 Å². The molecule has 0 heterocycles. The molecule has 0 aromatic heterocycles. The van der Waals surface area contributed by atoms with Crippen molar-refractivity contribution < 1.29 is 9.53 Å². The molecule has 1 aromatic rings. The van der Waals surface area contributed by atoms with Gasteiger partial charge in [0.15, 0.2) is 0 Å². The van der Waals surface area contributed by atoms with Crippen LogP contribution in [0.15, 0.2) is 35.4 Å². The second kappa shape index (κ2) is 5.75. The SMILES string of the molecule is C/C=N/NCC(=O)Oc1ccccc1. The molecule has 0 saturated heterocycles. The van der Waals surface area contributed by atoms with Crippen LogP contribution in [0.1, 0.15) is 6.92 Å². The predicted octanol–water partition coefficient (Wildman–Crippen LogP) is 1.19. The zero-order valence-electron chi connectivity index (χ0n) is 7.93. The number of para-hydroxylation sites is 1. The molecule has 0 radical (unpaired) electrons. The second-order valence-electron chi connectivity index (χ2n) is 2.51. The van der Waals surface area contributed by atoms with Crippen molar-refractivity contribution in [3.8, 4) is 5.75 Å². The highest BCUT2D eigenvalue weighted by Gasteiger charge is 2.01. The number of carbonyl (C=O) groups excluding carboxylic acids is 1. The number of rotatable bonds is 4. The van der Waals surface area contributed by atoms with Crippen molar-refractivity contribution >= 4 is 12.2 Å². The van der Waals surface area contributed by atoms with E-state index in [0.29, 0.717) is 5.75 Å². The highest BCUT2D eigenvalue weighted by atomic mass is 16.5. The molecule has 4 heteroatoms. The largest absolute Gasteiger partial charge is 0.425 e. The van der Waals surface area contributed by atoms with Crippen LogP contribution >= 0.6 is 0 Å². The van der Waals surface area contributed by atoms with Gasteiger partial charge >= 0.3 is 5.97 Å². The second-order valence-corrected chi connectivity index (χ2v) is 2.51. The first-order chi connectivity index (χ1) is 6.83. The summed E-state index contributed by atoms with van der Waals surface area (Å²) in [7, 11) is 0. The van der Waals surface area contributed by atoms with Gasteiger partial charge in [-0.3, -0.25) is 5.43 Å². The third-order valence-electron chi connectivity index (χ3n) is 1.42. The van der Waals surface area contributed by atoms with Gasteiger partial charge in [0, 0.05) is 6.21 Å². The predicted molar refractivity (Wildman–Crippen MR) is 54.2 cm³/mol. The summed E-state index contributed by atoms with van der Waals surface area (Å²) in [5, 5.41) is 3.68. The van der Waals surface area contributed by atoms with Gasteiger partial charge in [-0.15, -0.1) is 0 Å². The van der Waals surface area contributed by atoms with Crippen LogP contribution in [0.4, 0.5) is 0 Å². The standard InChI is InChI=1S/C10H12N2O2/c1-2-11-12-8-10(13)14-9-6-4-3-5-7-9/h2-7,12H,8H2,1H3/b11-2+. The first-order valence-corrected chi connectivity index (χ1v) is 4.29. The summed E-state index contributed by atoms with van der Waals surface area (Å²) in [6, 6.07) is 8.92. The maximum Gasteiger partial charge on any atom is 0.332 e. The molecule has 0 aliphatic rings. The number of ether oxygens (including phenoxy) is 1. The molecule has 4 nitrogen and oxygen atoms in total. The van der Waals surface area contributed by atoms with Gasteiger partial charge < -0.3 is 4.74 Å². The van der Waals surface area contributed by atoms with Gasteiger partial charge in [-0.2, -0.15) is 5.10 Å². The molecule has 1 N–H and O–H groups in total. The summed E-state index contributed by atoms with van der Waals surface area (Å²) in [5.41, 5.74) is 2.55. The van der Waals surface area contributed by atoms with Gasteiger partial charge in [0.1, 0.15) is 12.3 Å². The number of esters is 1. The zero-order chi connectivity index (χ0) is 10.2. The van der Waals surface area contributed by atoms with Crippen LogP contribution in [-0.2, 0) is 4.79 Å². The molecule has 0 fully saturated rings. The lowest BCUT2D eigenvalue weighted by atomic mass is 10.3. The minimum absolute atomic E-state index is 0.0687. The van der Waals surface area contributed by atoms with E-state index in [2.05, 4.69) is 10.5 Å². The quantitative estimate of drug-likeness (QED) is 0.337. The number of nitrogens with zero attached hydrogens (tertiary/aromatic N) is 1. The fraction of sp³-hybridized carbons (Fsp3) is 0.200. The average Bonchev–Trinajstić information content (AvgIpc) is 2.20. The molecule has 1 aromatic carbocycles. The zero-order valence-corrected chi connectivity index (χ0v) is 7.93. The fourth-order valence-corrected chi connectivity index (χ4v) is 0.858.